The van der Waals surface area contributed by atoms with Crippen LogP contribution in [-0.2, 0) is 4.74 Å². The maximum absolute atomic E-state index is 12.3. The third kappa shape index (κ3) is 1.70. The Hall–Kier alpha value is -3.90. The zero-order chi connectivity index (χ0) is 19.0. The van der Waals surface area contributed by atoms with E-state index in [0.29, 0.717) is 16.5 Å². The summed E-state index contributed by atoms with van der Waals surface area (Å²) in [6.07, 6.45) is 0. The number of esters is 2. The predicted molar refractivity (Wildman–Crippen MR) is 110 cm³/mol. The topological polar surface area (TPSA) is 43.4 Å². The Morgan fingerprint density at radius 1 is 0.643 bits per heavy atom. The quantitative estimate of drug-likeness (QED) is 0.122. The molecule has 0 saturated carbocycles. The van der Waals surface area contributed by atoms with Gasteiger partial charge in [0.2, 0.25) is 0 Å². The number of ether oxygens (including phenoxy) is 1. The van der Waals surface area contributed by atoms with Gasteiger partial charge in [-0.3, -0.25) is 0 Å². The van der Waals surface area contributed by atoms with E-state index < -0.39 is 11.9 Å². The maximum atomic E-state index is 12.3. The van der Waals surface area contributed by atoms with E-state index in [1.165, 1.54) is 0 Å². The summed E-state index contributed by atoms with van der Waals surface area (Å²) in [7, 11) is 0. The second-order valence-electron chi connectivity index (χ2n) is 7.01. The molecule has 0 fully saturated rings. The van der Waals surface area contributed by atoms with E-state index in [2.05, 4.69) is 30.0 Å². The number of carbonyl (C=O) groups excluding carboxylic acids is 2. The number of hydrogen-bond donors (Lipinski definition) is 0. The first-order valence-corrected chi connectivity index (χ1v) is 9.04. The molecule has 1 aliphatic heterocycles. The monoisotopic (exact) mass is 360 g/mol. The Balaban J connectivity index is 1.96. The van der Waals surface area contributed by atoms with Crippen molar-refractivity contribution in [2.45, 2.75) is 6.92 Å². The Morgan fingerprint density at radius 3 is 1.89 bits per heavy atom. The molecule has 5 aromatic rings. The second-order valence-corrected chi connectivity index (χ2v) is 7.01. The standard InChI is InChI=1S/C25H12O3/c1-2-4-13-7-8-16-18-10-12-20-23-19(24(26)28-25(20)27)11-9-17(22(18)23)15-6-3-5-14(13)21(15)16/h3,5-12H,1H3. The average molecular weight is 360 g/mol. The summed E-state index contributed by atoms with van der Waals surface area (Å²) in [6, 6.07) is 17.8. The number of cyclic esters (lactones) is 2. The lowest BCUT2D eigenvalue weighted by atomic mass is 9.85. The van der Waals surface area contributed by atoms with Gasteiger partial charge >= 0.3 is 11.9 Å². The molecule has 0 N–H and O–H groups in total. The first-order valence-electron chi connectivity index (χ1n) is 9.04. The van der Waals surface area contributed by atoms with E-state index in [1.54, 1.807) is 12.1 Å². The third-order valence-electron chi connectivity index (χ3n) is 5.67. The van der Waals surface area contributed by atoms with Gasteiger partial charge in [0.05, 0.1) is 11.1 Å². The van der Waals surface area contributed by atoms with Crippen molar-refractivity contribution < 1.29 is 14.3 Å². The summed E-state index contributed by atoms with van der Waals surface area (Å²) in [5.74, 6) is 5.02. The fraction of sp³-hybridized carbons (Fsp3) is 0.0400. The Labute approximate surface area is 159 Å². The number of fused-ring (bicyclic) bond motifs is 2. The molecule has 5 aromatic carbocycles. The van der Waals surface area contributed by atoms with Crippen LogP contribution in [0.5, 0.6) is 0 Å². The molecule has 3 nitrogen and oxygen atoms in total. The van der Waals surface area contributed by atoms with Crippen molar-refractivity contribution in [1.29, 1.82) is 0 Å². The van der Waals surface area contributed by atoms with Gasteiger partial charge in [0.25, 0.3) is 0 Å². The smallest absolute Gasteiger partial charge is 0.346 e. The van der Waals surface area contributed by atoms with Crippen molar-refractivity contribution >= 4 is 55.0 Å². The molecule has 0 saturated heterocycles. The van der Waals surface area contributed by atoms with E-state index in [9.17, 15) is 9.59 Å². The van der Waals surface area contributed by atoms with Crippen LogP contribution in [0, 0.1) is 11.8 Å². The van der Waals surface area contributed by atoms with Crippen molar-refractivity contribution in [2.24, 2.45) is 0 Å². The highest BCUT2D eigenvalue weighted by molar-refractivity contribution is 6.37. The van der Waals surface area contributed by atoms with E-state index in [-0.39, 0.29) is 0 Å². The fourth-order valence-corrected chi connectivity index (χ4v) is 4.58. The molecule has 0 unspecified atom stereocenters. The minimum absolute atomic E-state index is 0.444. The Morgan fingerprint density at radius 2 is 1.21 bits per heavy atom. The molecule has 0 bridgehead atoms. The molecule has 0 spiro atoms. The van der Waals surface area contributed by atoms with E-state index in [0.717, 1.165) is 43.3 Å². The van der Waals surface area contributed by atoms with Crippen molar-refractivity contribution in [1.82, 2.24) is 0 Å². The normalized spacial score (nSPS) is 13.3. The maximum Gasteiger partial charge on any atom is 0.346 e. The van der Waals surface area contributed by atoms with Crippen LogP contribution in [0.25, 0.3) is 43.1 Å². The summed E-state index contributed by atoms with van der Waals surface area (Å²) in [6.45, 7) is 1.84. The zero-order valence-corrected chi connectivity index (χ0v) is 14.9. The third-order valence-corrected chi connectivity index (χ3v) is 5.67. The highest BCUT2D eigenvalue weighted by Crippen LogP contribution is 2.43. The molecule has 0 radical (unpaired) electrons. The molecule has 3 heteroatoms. The Bertz CT molecular complexity index is 1510. The molecular weight excluding hydrogens is 348 g/mol. The molecule has 0 atom stereocenters. The molecule has 130 valence electrons. The lowest BCUT2D eigenvalue weighted by Crippen LogP contribution is -2.19. The van der Waals surface area contributed by atoms with Gasteiger partial charge in [0, 0.05) is 10.9 Å². The SMILES string of the molecule is CC#Cc1ccc2c3ccc4c5c(ccc(c6cccc1c62)c53)C(=O)OC4=O. The number of rotatable bonds is 0. The highest BCUT2D eigenvalue weighted by atomic mass is 16.6. The van der Waals surface area contributed by atoms with Gasteiger partial charge < -0.3 is 4.74 Å². The first-order chi connectivity index (χ1) is 13.7. The summed E-state index contributed by atoms with van der Waals surface area (Å²) in [4.78, 5) is 24.6. The average Bonchev–Trinajstić information content (AvgIpc) is 2.71. The summed E-state index contributed by atoms with van der Waals surface area (Å²) in [5, 5.41) is 8.13. The molecule has 0 aromatic heterocycles. The van der Waals surface area contributed by atoms with Gasteiger partial charge in [-0.1, -0.05) is 42.3 Å². The second kappa shape index (κ2) is 5.09. The van der Waals surface area contributed by atoms with Crippen LogP contribution < -0.4 is 0 Å². The van der Waals surface area contributed by atoms with Crippen LogP contribution in [-0.4, -0.2) is 11.9 Å². The van der Waals surface area contributed by atoms with Crippen LogP contribution in [0.4, 0.5) is 0 Å². The van der Waals surface area contributed by atoms with Crippen molar-refractivity contribution in [2.75, 3.05) is 0 Å². The van der Waals surface area contributed by atoms with Gasteiger partial charge in [-0.2, -0.15) is 0 Å². The lowest BCUT2D eigenvalue weighted by Gasteiger charge is -2.20. The van der Waals surface area contributed by atoms with Crippen molar-refractivity contribution in [3.05, 3.63) is 71.3 Å². The highest BCUT2D eigenvalue weighted by Gasteiger charge is 2.29. The number of hydrogen-bond acceptors (Lipinski definition) is 3. The molecule has 1 aliphatic rings. The molecule has 0 aliphatic carbocycles. The molecule has 28 heavy (non-hydrogen) atoms. The van der Waals surface area contributed by atoms with Gasteiger partial charge in [-0.15, -0.1) is 5.92 Å². The molecule has 0 amide bonds. The summed E-state index contributed by atoms with van der Waals surface area (Å²) >= 11 is 0. The minimum Gasteiger partial charge on any atom is -0.386 e. The van der Waals surface area contributed by atoms with Crippen LogP contribution in [0.15, 0.2) is 54.6 Å². The molecule has 6 rings (SSSR count). The van der Waals surface area contributed by atoms with E-state index >= 15 is 0 Å². The van der Waals surface area contributed by atoms with Crippen molar-refractivity contribution in [3.63, 3.8) is 0 Å². The minimum atomic E-state index is -0.584. The van der Waals surface area contributed by atoms with Crippen LogP contribution in [0.1, 0.15) is 33.2 Å². The Kier molecular flexibility index (Phi) is 2.76. The number of carbonyl (C=O) groups is 2. The van der Waals surface area contributed by atoms with Gasteiger partial charge in [-0.25, -0.2) is 9.59 Å². The van der Waals surface area contributed by atoms with E-state index in [1.807, 2.05) is 31.2 Å². The lowest BCUT2D eigenvalue weighted by molar-refractivity contribution is 0.0391. The predicted octanol–water partition coefficient (Wildman–Crippen LogP) is 5.42. The summed E-state index contributed by atoms with van der Waals surface area (Å²) < 4.78 is 4.91. The molecule has 1 heterocycles. The summed E-state index contributed by atoms with van der Waals surface area (Å²) in [5.41, 5.74) is 1.88. The van der Waals surface area contributed by atoms with Crippen LogP contribution in [0.2, 0.25) is 0 Å². The zero-order valence-electron chi connectivity index (χ0n) is 14.9. The van der Waals surface area contributed by atoms with Gasteiger partial charge in [-0.05, 0) is 62.8 Å². The van der Waals surface area contributed by atoms with E-state index in [4.69, 9.17) is 4.74 Å². The van der Waals surface area contributed by atoms with Crippen LogP contribution >= 0.6 is 0 Å². The van der Waals surface area contributed by atoms with Gasteiger partial charge in [0.15, 0.2) is 0 Å². The fourth-order valence-electron chi connectivity index (χ4n) is 4.58. The first kappa shape index (κ1) is 15.2. The van der Waals surface area contributed by atoms with Gasteiger partial charge in [0.1, 0.15) is 0 Å². The molecular formula is C25H12O3. The largest absolute Gasteiger partial charge is 0.386 e. The number of benzene rings is 5. The van der Waals surface area contributed by atoms with Crippen LogP contribution in [0.3, 0.4) is 0 Å². The van der Waals surface area contributed by atoms with Crippen molar-refractivity contribution in [3.8, 4) is 11.8 Å².